The first kappa shape index (κ1) is 19.3. The van der Waals surface area contributed by atoms with Gasteiger partial charge in [0, 0.05) is 31.3 Å². The standard InChI is InChI=1S/C24H24FNO3/c1-28-23-11-18-9-10-26(15-19(18)12-24(23)29-2)14-16-3-5-17(6-4-16)21-8-7-20(27)13-22(21)25/h3-8,11-13,27H,9-10,14-15H2,1-2H3. The zero-order valence-electron chi connectivity index (χ0n) is 16.6. The summed E-state index contributed by atoms with van der Waals surface area (Å²) in [4.78, 5) is 2.39. The van der Waals surface area contributed by atoms with Gasteiger partial charge in [-0.05, 0) is 52.9 Å². The molecule has 150 valence electrons. The Kier molecular flexibility index (Phi) is 5.41. The quantitative estimate of drug-likeness (QED) is 0.678. The summed E-state index contributed by atoms with van der Waals surface area (Å²) < 4.78 is 24.9. The number of fused-ring (bicyclic) bond motifs is 1. The topological polar surface area (TPSA) is 41.9 Å². The van der Waals surface area contributed by atoms with E-state index in [9.17, 15) is 9.50 Å². The molecule has 3 aromatic rings. The van der Waals surface area contributed by atoms with Gasteiger partial charge < -0.3 is 14.6 Å². The van der Waals surface area contributed by atoms with Gasteiger partial charge in [0.2, 0.25) is 0 Å². The minimum Gasteiger partial charge on any atom is -0.508 e. The Morgan fingerprint density at radius 3 is 2.28 bits per heavy atom. The second kappa shape index (κ2) is 8.13. The molecule has 0 amide bonds. The molecule has 0 atom stereocenters. The molecule has 0 fully saturated rings. The summed E-state index contributed by atoms with van der Waals surface area (Å²) in [5, 5.41) is 9.38. The van der Waals surface area contributed by atoms with Crippen LogP contribution in [0.1, 0.15) is 16.7 Å². The van der Waals surface area contributed by atoms with Crippen molar-refractivity contribution in [3.63, 3.8) is 0 Å². The van der Waals surface area contributed by atoms with Crippen LogP contribution in [0.4, 0.5) is 4.39 Å². The lowest BCUT2D eigenvalue weighted by atomic mass is 9.98. The average Bonchev–Trinajstić information content (AvgIpc) is 2.73. The van der Waals surface area contributed by atoms with Gasteiger partial charge in [-0.15, -0.1) is 0 Å². The lowest BCUT2D eigenvalue weighted by molar-refractivity contribution is 0.244. The number of aromatic hydroxyl groups is 1. The molecular formula is C24H24FNO3. The largest absolute Gasteiger partial charge is 0.508 e. The molecule has 3 aromatic carbocycles. The molecular weight excluding hydrogens is 369 g/mol. The van der Waals surface area contributed by atoms with Gasteiger partial charge in [0.15, 0.2) is 11.5 Å². The van der Waals surface area contributed by atoms with Crippen LogP contribution in [-0.2, 0) is 19.5 Å². The molecule has 4 nitrogen and oxygen atoms in total. The van der Waals surface area contributed by atoms with Gasteiger partial charge in [-0.2, -0.15) is 0 Å². The Labute approximate surface area is 170 Å². The number of ether oxygens (including phenoxy) is 2. The van der Waals surface area contributed by atoms with E-state index in [2.05, 4.69) is 17.0 Å². The zero-order chi connectivity index (χ0) is 20.4. The third-order valence-electron chi connectivity index (χ3n) is 5.42. The van der Waals surface area contributed by atoms with Crippen molar-refractivity contribution in [2.45, 2.75) is 19.5 Å². The van der Waals surface area contributed by atoms with E-state index in [4.69, 9.17) is 9.47 Å². The molecule has 1 N–H and O–H groups in total. The number of nitrogens with zero attached hydrogens (tertiary/aromatic N) is 1. The molecule has 1 heterocycles. The first-order valence-electron chi connectivity index (χ1n) is 9.61. The summed E-state index contributed by atoms with van der Waals surface area (Å²) in [5.74, 6) is 1.04. The van der Waals surface area contributed by atoms with Gasteiger partial charge >= 0.3 is 0 Å². The third kappa shape index (κ3) is 4.05. The van der Waals surface area contributed by atoms with Gasteiger partial charge in [0.1, 0.15) is 11.6 Å². The number of hydrogen-bond donors (Lipinski definition) is 1. The zero-order valence-corrected chi connectivity index (χ0v) is 16.6. The Bertz CT molecular complexity index is 1020. The SMILES string of the molecule is COc1cc2c(cc1OC)CN(Cc1ccc(-c3ccc(O)cc3F)cc1)CC2. The molecule has 0 saturated heterocycles. The maximum atomic E-state index is 14.1. The van der Waals surface area contributed by atoms with Crippen molar-refractivity contribution in [2.75, 3.05) is 20.8 Å². The highest BCUT2D eigenvalue weighted by Crippen LogP contribution is 2.33. The fourth-order valence-electron chi connectivity index (χ4n) is 3.86. The molecule has 0 aliphatic carbocycles. The fourth-order valence-corrected chi connectivity index (χ4v) is 3.86. The van der Waals surface area contributed by atoms with Crippen molar-refractivity contribution < 1.29 is 19.0 Å². The van der Waals surface area contributed by atoms with Crippen molar-refractivity contribution >= 4 is 0 Å². The highest BCUT2D eigenvalue weighted by molar-refractivity contribution is 5.65. The monoisotopic (exact) mass is 393 g/mol. The van der Waals surface area contributed by atoms with Crippen LogP contribution >= 0.6 is 0 Å². The molecule has 5 heteroatoms. The summed E-state index contributed by atoms with van der Waals surface area (Å²) in [5.41, 5.74) is 5.03. The smallest absolute Gasteiger partial charge is 0.161 e. The van der Waals surface area contributed by atoms with Gasteiger partial charge in [0.05, 0.1) is 14.2 Å². The van der Waals surface area contributed by atoms with Crippen LogP contribution in [0.3, 0.4) is 0 Å². The number of benzene rings is 3. The first-order chi connectivity index (χ1) is 14.1. The van der Waals surface area contributed by atoms with Crippen LogP contribution < -0.4 is 9.47 Å². The van der Waals surface area contributed by atoms with Gasteiger partial charge in [-0.25, -0.2) is 4.39 Å². The third-order valence-corrected chi connectivity index (χ3v) is 5.42. The maximum absolute atomic E-state index is 14.1. The van der Waals surface area contributed by atoms with E-state index in [1.54, 1.807) is 20.3 Å². The summed E-state index contributed by atoms with van der Waals surface area (Å²) in [6, 6.07) is 16.3. The van der Waals surface area contributed by atoms with E-state index in [0.717, 1.165) is 49.2 Å². The van der Waals surface area contributed by atoms with E-state index < -0.39 is 5.82 Å². The molecule has 1 aliphatic heterocycles. The van der Waals surface area contributed by atoms with E-state index in [1.165, 1.54) is 22.8 Å². The Hall–Kier alpha value is -3.05. The normalized spacial score (nSPS) is 13.8. The van der Waals surface area contributed by atoms with Crippen LogP contribution in [-0.4, -0.2) is 30.8 Å². The number of phenols is 1. The van der Waals surface area contributed by atoms with Gasteiger partial charge in [0.25, 0.3) is 0 Å². The van der Waals surface area contributed by atoms with Crippen molar-refractivity contribution in [3.05, 3.63) is 77.1 Å². The average molecular weight is 393 g/mol. The maximum Gasteiger partial charge on any atom is 0.161 e. The second-order valence-corrected chi connectivity index (χ2v) is 7.30. The van der Waals surface area contributed by atoms with Crippen LogP contribution in [0.2, 0.25) is 0 Å². The summed E-state index contributed by atoms with van der Waals surface area (Å²) in [6.45, 7) is 2.65. The van der Waals surface area contributed by atoms with Gasteiger partial charge in [-0.3, -0.25) is 4.90 Å². The van der Waals surface area contributed by atoms with Gasteiger partial charge in [-0.1, -0.05) is 24.3 Å². The molecule has 29 heavy (non-hydrogen) atoms. The molecule has 0 aromatic heterocycles. The molecule has 0 saturated carbocycles. The molecule has 0 bridgehead atoms. The second-order valence-electron chi connectivity index (χ2n) is 7.30. The first-order valence-corrected chi connectivity index (χ1v) is 9.61. The van der Waals surface area contributed by atoms with E-state index >= 15 is 0 Å². The lowest BCUT2D eigenvalue weighted by Gasteiger charge is -2.29. The minimum atomic E-state index is -0.422. The molecule has 0 spiro atoms. The molecule has 1 aliphatic rings. The summed E-state index contributed by atoms with van der Waals surface area (Å²) in [6.07, 6.45) is 0.965. The molecule has 0 unspecified atom stereocenters. The predicted molar refractivity (Wildman–Crippen MR) is 111 cm³/mol. The number of methoxy groups -OCH3 is 2. The summed E-state index contributed by atoms with van der Waals surface area (Å²) >= 11 is 0. The van der Waals surface area contributed by atoms with Crippen molar-refractivity contribution in [3.8, 4) is 28.4 Å². The Morgan fingerprint density at radius 2 is 1.62 bits per heavy atom. The van der Waals surface area contributed by atoms with Crippen LogP contribution in [0.25, 0.3) is 11.1 Å². The summed E-state index contributed by atoms with van der Waals surface area (Å²) in [7, 11) is 3.32. The predicted octanol–water partition coefficient (Wildman–Crippen LogP) is 4.77. The van der Waals surface area contributed by atoms with Crippen LogP contribution in [0, 0.1) is 5.82 Å². The Balaban J connectivity index is 1.48. The highest BCUT2D eigenvalue weighted by Gasteiger charge is 2.19. The van der Waals surface area contributed by atoms with E-state index in [0.29, 0.717) is 5.56 Å². The minimum absolute atomic E-state index is 0.0671. The molecule has 4 rings (SSSR count). The lowest BCUT2D eigenvalue weighted by Crippen LogP contribution is -2.30. The number of hydrogen-bond acceptors (Lipinski definition) is 4. The van der Waals surface area contributed by atoms with Crippen LogP contribution in [0.15, 0.2) is 54.6 Å². The molecule has 0 radical (unpaired) electrons. The van der Waals surface area contributed by atoms with Crippen LogP contribution in [0.5, 0.6) is 17.2 Å². The number of phenolic OH excluding ortho intramolecular Hbond substituents is 1. The van der Waals surface area contributed by atoms with E-state index in [-0.39, 0.29) is 5.75 Å². The van der Waals surface area contributed by atoms with E-state index in [1.807, 2.05) is 24.3 Å². The van der Waals surface area contributed by atoms with Crippen molar-refractivity contribution in [1.29, 1.82) is 0 Å². The number of rotatable bonds is 5. The van der Waals surface area contributed by atoms with Crippen molar-refractivity contribution in [1.82, 2.24) is 4.90 Å². The fraction of sp³-hybridized carbons (Fsp3) is 0.250. The number of halogens is 1. The highest BCUT2D eigenvalue weighted by atomic mass is 19.1. The van der Waals surface area contributed by atoms with Crippen molar-refractivity contribution in [2.24, 2.45) is 0 Å². The Morgan fingerprint density at radius 1 is 0.931 bits per heavy atom.